The van der Waals surface area contributed by atoms with Crippen molar-refractivity contribution in [3.05, 3.63) is 42.0 Å². The largest absolute Gasteiger partial charge is 0.494 e. The van der Waals surface area contributed by atoms with E-state index in [0.29, 0.717) is 25.2 Å². The Kier molecular flexibility index (Phi) is 16.4. The molecule has 2 rings (SSSR count). The van der Waals surface area contributed by atoms with Crippen molar-refractivity contribution in [1.29, 1.82) is 0 Å². The summed E-state index contributed by atoms with van der Waals surface area (Å²) in [5.41, 5.74) is 0.620. The van der Waals surface area contributed by atoms with Gasteiger partial charge in [0.2, 0.25) is 0 Å². The average Bonchev–Trinajstić information content (AvgIpc) is 3.34. The Hall–Kier alpha value is -1.62. The zero-order valence-electron chi connectivity index (χ0n) is 28.4. The van der Waals surface area contributed by atoms with Crippen LogP contribution in [0.2, 0.25) is 0 Å². The van der Waals surface area contributed by atoms with Crippen molar-refractivity contribution in [1.82, 2.24) is 0 Å². The van der Waals surface area contributed by atoms with Gasteiger partial charge in [0.15, 0.2) is 5.79 Å². The predicted molar refractivity (Wildman–Crippen MR) is 169 cm³/mol. The molecule has 302 valence electrons. The van der Waals surface area contributed by atoms with Crippen molar-refractivity contribution in [2.45, 2.75) is 119 Å². The highest BCUT2D eigenvalue weighted by atomic mass is 127. The second-order valence-corrected chi connectivity index (χ2v) is 13.4. The minimum Gasteiger partial charge on any atom is -0.494 e. The van der Waals surface area contributed by atoms with E-state index >= 15 is 0 Å². The van der Waals surface area contributed by atoms with Gasteiger partial charge in [0.1, 0.15) is 18.0 Å². The number of halogens is 14. The Bertz CT molecular complexity index is 1260. The molecule has 1 unspecified atom stereocenters. The summed E-state index contributed by atoms with van der Waals surface area (Å²) in [5.74, 6) is -37.7. The summed E-state index contributed by atoms with van der Waals surface area (Å²) in [4.78, 5) is 0. The number of hydrogen-bond acceptors (Lipinski definition) is 6. The fourth-order valence-corrected chi connectivity index (χ4v) is 5.45. The van der Waals surface area contributed by atoms with Crippen LogP contribution in [0.1, 0.15) is 52.0 Å². The molecule has 0 N–H and O–H groups in total. The quantitative estimate of drug-likeness (QED) is 0.0380. The van der Waals surface area contributed by atoms with E-state index < -0.39 is 67.1 Å². The average molecular weight is 895 g/mol. The molecule has 6 nitrogen and oxygen atoms in total. The van der Waals surface area contributed by atoms with Gasteiger partial charge in [0.25, 0.3) is 0 Å². The van der Waals surface area contributed by atoms with E-state index in [-0.39, 0.29) is 30.7 Å². The molecule has 1 aromatic rings. The van der Waals surface area contributed by atoms with Crippen LogP contribution < -0.4 is 4.74 Å². The van der Waals surface area contributed by atoms with E-state index in [4.69, 9.17) is 28.4 Å². The lowest BCUT2D eigenvalue weighted by atomic mass is 9.92. The molecule has 52 heavy (non-hydrogen) atoms. The van der Waals surface area contributed by atoms with Gasteiger partial charge in [-0.1, -0.05) is 46.9 Å². The first-order chi connectivity index (χ1) is 23.8. The zero-order chi connectivity index (χ0) is 39.8. The van der Waals surface area contributed by atoms with Crippen LogP contribution in [-0.4, -0.2) is 97.3 Å². The van der Waals surface area contributed by atoms with Gasteiger partial charge in [-0.2, -0.15) is 57.1 Å². The molecular weight excluding hydrogens is 854 g/mol. The Morgan fingerprint density at radius 1 is 0.808 bits per heavy atom. The van der Waals surface area contributed by atoms with Gasteiger partial charge in [0, 0.05) is 18.0 Å². The van der Waals surface area contributed by atoms with Crippen molar-refractivity contribution in [2.75, 3.05) is 31.4 Å². The van der Waals surface area contributed by atoms with Crippen LogP contribution >= 0.6 is 22.6 Å². The van der Waals surface area contributed by atoms with E-state index in [1.807, 2.05) is 32.9 Å². The Balaban J connectivity index is 1.90. The fourth-order valence-electron chi connectivity index (χ4n) is 4.84. The van der Waals surface area contributed by atoms with Crippen LogP contribution in [0.4, 0.5) is 57.1 Å². The van der Waals surface area contributed by atoms with Gasteiger partial charge in [-0.25, -0.2) is 0 Å². The van der Waals surface area contributed by atoms with Crippen LogP contribution in [-0.2, 0) is 30.3 Å². The van der Waals surface area contributed by atoms with Gasteiger partial charge in [0.05, 0.1) is 38.6 Å². The van der Waals surface area contributed by atoms with E-state index in [0.717, 1.165) is 10.8 Å². The van der Waals surface area contributed by atoms with Gasteiger partial charge in [-0.3, -0.25) is 0 Å². The summed E-state index contributed by atoms with van der Waals surface area (Å²) >= 11 is 2.26. The van der Waals surface area contributed by atoms with Crippen molar-refractivity contribution in [3.8, 4) is 5.75 Å². The van der Waals surface area contributed by atoms with Crippen LogP contribution in [0.3, 0.4) is 0 Å². The SMILES string of the molecule is COCCOC(/C=C\C[C@@H](C)OCc1ccc(OCCCC(F)(F)C(F)(F)C(F)(F)C(F)(F)C(F)(F)C(F)(F)F)cc1)[C@@H]1OC(C)(C)O[C@@H]1CCI. The highest BCUT2D eigenvalue weighted by Gasteiger charge is 2.90. The molecule has 0 aromatic heterocycles. The maximum absolute atomic E-state index is 14.0. The Labute approximate surface area is 305 Å². The molecule has 0 aliphatic carbocycles. The molecule has 1 aromatic carbocycles. The highest BCUT2D eigenvalue weighted by Crippen LogP contribution is 2.60. The van der Waals surface area contributed by atoms with Crippen molar-refractivity contribution < 1.29 is 85.5 Å². The van der Waals surface area contributed by atoms with Crippen LogP contribution in [0.15, 0.2) is 36.4 Å². The third-order valence-electron chi connectivity index (χ3n) is 7.69. The molecule has 1 aliphatic rings. The summed E-state index contributed by atoms with van der Waals surface area (Å²) in [6.07, 6.45) is -7.19. The zero-order valence-corrected chi connectivity index (χ0v) is 30.5. The van der Waals surface area contributed by atoms with Gasteiger partial charge in [-0.05, 0) is 57.7 Å². The summed E-state index contributed by atoms with van der Waals surface area (Å²) in [5, 5.41) is 0. The maximum atomic E-state index is 14.0. The Morgan fingerprint density at radius 2 is 1.40 bits per heavy atom. The lowest BCUT2D eigenvalue weighted by Gasteiger charge is -2.39. The topological polar surface area (TPSA) is 55.4 Å². The molecule has 0 spiro atoms. The second-order valence-electron chi connectivity index (χ2n) is 12.3. The van der Waals surface area contributed by atoms with Gasteiger partial charge in [-0.15, -0.1) is 0 Å². The molecule has 0 saturated carbocycles. The number of ether oxygens (including phenoxy) is 6. The molecule has 1 fully saturated rings. The Morgan fingerprint density at radius 3 is 1.96 bits per heavy atom. The summed E-state index contributed by atoms with van der Waals surface area (Å²) in [7, 11) is 1.56. The third-order valence-corrected chi connectivity index (χ3v) is 8.31. The first-order valence-corrected chi connectivity index (χ1v) is 17.3. The molecule has 4 atom stereocenters. The molecule has 1 heterocycles. The molecule has 20 heteroatoms. The molecule has 1 saturated heterocycles. The van der Waals surface area contributed by atoms with Crippen molar-refractivity contribution in [3.63, 3.8) is 0 Å². The summed E-state index contributed by atoms with van der Waals surface area (Å²) < 4.78 is 207. The minimum atomic E-state index is -7.92. The van der Waals surface area contributed by atoms with Crippen molar-refractivity contribution >= 4 is 22.6 Å². The van der Waals surface area contributed by atoms with E-state index in [2.05, 4.69) is 22.6 Å². The second kappa shape index (κ2) is 18.3. The highest BCUT2D eigenvalue weighted by molar-refractivity contribution is 14.1. The predicted octanol–water partition coefficient (Wildman–Crippen LogP) is 9.81. The monoisotopic (exact) mass is 894 g/mol. The lowest BCUT2D eigenvalue weighted by Crippen LogP contribution is -2.70. The van der Waals surface area contributed by atoms with Crippen LogP contribution in [0, 0.1) is 0 Å². The summed E-state index contributed by atoms with van der Waals surface area (Å²) in [6, 6.07) is 5.64. The fraction of sp³-hybridized carbons (Fsp3) is 0.750. The number of methoxy groups -OCH3 is 1. The number of alkyl halides is 14. The smallest absolute Gasteiger partial charge is 0.460 e. The molecule has 0 amide bonds. The van der Waals surface area contributed by atoms with Gasteiger partial charge >= 0.3 is 35.8 Å². The lowest BCUT2D eigenvalue weighted by molar-refractivity contribution is -0.440. The first-order valence-electron chi connectivity index (χ1n) is 15.8. The van der Waals surface area contributed by atoms with Gasteiger partial charge < -0.3 is 28.4 Å². The first kappa shape index (κ1) is 46.5. The number of benzene rings is 1. The molecule has 1 aliphatic heterocycles. The number of rotatable bonds is 22. The molecule has 0 bridgehead atoms. The van der Waals surface area contributed by atoms with E-state index in [9.17, 15) is 57.1 Å². The van der Waals surface area contributed by atoms with Crippen molar-refractivity contribution in [2.24, 2.45) is 0 Å². The normalized spacial score (nSPS) is 20.4. The molecule has 0 radical (unpaired) electrons. The van der Waals surface area contributed by atoms with E-state index in [1.165, 1.54) is 24.3 Å². The number of hydrogen-bond donors (Lipinski definition) is 0. The van der Waals surface area contributed by atoms with Crippen LogP contribution in [0.5, 0.6) is 5.75 Å². The third kappa shape index (κ3) is 11.2. The molecular formula is C32H40F13IO6. The maximum Gasteiger partial charge on any atom is 0.460 e. The standard InChI is InChI=1S/C32H40F13IO6/c1-20(7-5-8-23(49-18-17-47-4)25-24(13-15-46)51-26(2,3)52-25)50-19-21-9-11-22(12-10-21)48-16-6-14-27(33,34)28(35,36)29(37,38)30(39,40)31(41,42)32(43,44)45/h5,8-12,20,23-25H,6-7,13-19H2,1-4H3/b8-5-/t20-,23?,24-,25+/m1/s1. The summed E-state index contributed by atoms with van der Waals surface area (Å²) in [6.45, 7) is 5.43. The minimum absolute atomic E-state index is 0.0156. The van der Waals surface area contributed by atoms with Crippen LogP contribution in [0.25, 0.3) is 0 Å². The van der Waals surface area contributed by atoms with E-state index in [1.54, 1.807) is 7.11 Å².